The molecule has 1 fully saturated rings. The van der Waals surface area contributed by atoms with Crippen molar-refractivity contribution in [3.8, 4) is 0 Å². The van der Waals surface area contributed by atoms with Crippen molar-refractivity contribution in [3.05, 3.63) is 11.6 Å². The van der Waals surface area contributed by atoms with Crippen molar-refractivity contribution >= 4 is 6.03 Å². The number of aryl methyl sites for hydroxylation is 1. The summed E-state index contributed by atoms with van der Waals surface area (Å²) in [5.74, 6) is 2.26. The van der Waals surface area contributed by atoms with Crippen molar-refractivity contribution in [1.82, 2.24) is 25.0 Å². The minimum absolute atomic E-state index is 0.00984. The second kappa shape index (κ2) is 6.70. The highest BCUT2D eigenvalue weighted by atomic mass is 16.5. The van der Waals surface area contributed by atoms with Crippen molar-refractivity contribution < 1.29 is 9.53 Å². The van der Waals surface area contributed by atoms with E-state index >= 15 is 0 Å². The monoisotopic (exact) mass is 335 g/mol. The summed E-state index contributed by atoms with van der Waals surface area (Å²) in [4.78, 5) is 19.1. The van der Waals surface area contributed by atoms with E-state index in [9.17, 15) is 4.79 Å². The Morgan fingerprint density at radius 3 is 3.00 bits per heavy atom. The van der Waals surface area contributed by atoms with Gasteiger partial charge in [0.2, 0.25) is 0 Å². The first-order valence-electron chi connectivity index (χ1n) is 9.03. The number of fused-ring (bicyclic) bond motifs is 1. The molecule has 2 amide bonds. The molecule has 7 nitrogen and oxygen atoms in total. The number of hydrogen-bond donors (Lipinski definition) is 1. The number of nitrogens with one attached hydrogen (secondary N) is 1. The molecule has 3 rings (SSSR count). The van der Waals surface area contributed by atoms with Crippen molar-refractivity contribution in [1.29, 1.82) is 0 Å². The van der Waals surface area contributed by atoms with Gasteiger partial charge in [-0.15, -0.1) is 0 Å². The number of amides is 2. The molecule has 24 heavy (non-hydrogen) atoms. The molecule has 134 valence electrons. The molecule has 1 saturated heterocycles. The number of urea groups is 1. The quantitative estimate of drug-likeness (QED) is 0.916. The third-order valence-electron chi connectivity index (χ3n) is 5.09. The molecular formula is C17H29N5O2. The molecule has 1 aromatic heterocycles. The van der Waals surface area contributed by atoms with Gasteiger partial charge in [0.15, 0.2) is 5.82 Å². The molecule has 0 bridgehead atoms. The normalized spacial score (nSPS) is 27.2. The van der Waals surface area contributed by atoms with Gasteiger partial charge < -0.3 is 15.0 Å². The summed E-state index contributed by atoms with van der Waals surface area (Å²) >= 11 is 0. The predicted molar refractivity (Wildman–Crippen MR) is 91.0 cm³/mol. The fourth-order valence-corrected chi connectivity index (χ4v) is 3.27. The van der Waals surface area contributed by atoms with E-state index in [1.54, 1.807) is 0 Å². The molecule has 0 aliphatic carbocycles. The third-order valence-corrected chi connectivity index (χ3v) is 5.09. The predicted octanol–water partition coefficient (Wildman–Crippen LogP) is 1.93. The number of carbonyl (C=O) groups excluding carboxylic acids is 1. The Labute approximate surface area is 143 Å². The molecule has 0 saturated carbocycles. The summed E-state index contributed by atoms with van der Waals surface area (Å²) in [5.41, 5.74) is -0.229. The zero-order chi connectivity index (χ0) is 17.3. The number of ether oxygens (including phenoxy) is 1. The molecule has 0 spiro atoms. The minimum Gasteiger partial charge on any atom is -0.372 e. The van der Waals surface area contributed by atoms with Gasteiger partial charge in [-0.25, -0.2) is 14.5 Å². The Morgan fingerprint density at radius 1 is 1.50 bits per heavy atom. The van der Waals surface area contributed by atoms with Gasteiger partial charge in [-0.3, -0.25) is 0 Å². The van der Waals surface area contributed by atoms with Crippen LogP contribution in [0.1, 0.15) is 58.1 Å². The zero-order valence-electron chi connectivity index (χ0n) is 15.2. The van der Waals surface area contributed by atoms with Crippen LogP contribution in [0.5, 0.6) is 0 Å². The smallest absolute Gasteiger partial charge is 0.317 e. The Morgan fingerprint density at radius 2 is 2.29 bits per heavy atom. The van der Waals surface area contributed by atoms with Crippen LogP contribution in [-0.2, 0) is 17.7 Å². The van der Waals surface area contributed by atoms with Gasteiger partial charge in [0.05, 0.1) is 31.3 Å². The first kappa shape index (κ1) is 17.2. The van der Waals surface area contributed by atoms with E-state index in [4.69, 9.17) is 4.74 Å². The molecule has 1 N–H and O–H groups in total. The van der Waals surface area contributed by atoms with Crippen molar-refractivity contribution in [2.45, 2.75) is 71.1 Å². The molecule has 2 atom stereocenters. The average molecular weight is 335 g/mol. The van der Waals surface area contributed by atoms with E-state index < -0.39 is 0 Å². The van der Waals surface area contributed by atoms with Gasteiger partial charge in [0, 0.05) is 18.9 Å². The van der Waals surface area contributed by atoms with Crippen LogP contribution in [0.25, 0.3) is 0 Å². The Bertz CT molecular complexity index is 600. The number of rotatable bonds is 3. The van der Waals surface area contributed by atoms with Crippen LogP contribution in [0, 0.1) is 0 Å². The molecule has 0 aromatic carbocycles. The lowest BCUT2D eigenvalue weighted by molar-refractivity contribution is -0.0875. The Kier molecular flexibility index (Phi) is 4.80. The van der Waals surface area contributed by atoms with Crippen molar-refractivity contribution in [3.63, 3.8) is 0 Å². The van der Waals surface area contributed by atoms with E-state index in [0.717, 1.165) is 30.9 Å². The molecular weight excluding hydrogens is 306 g/mol. The van der Waals surface area contributed by atoms with E-state index in [-0.39, 0.29) is 17.7 Å². The summed E-state index contributed by atoms with van der Waals surface area (Å²) < 4.78 is 7.77. The van der Waals surface area contributed by atoms with E-state index in [2.05, 4.69) is 43.1 Å². The third kappa shape index (κ3) is 3.55. The van der Waals surface area contributed by atoms with Crippen LogP contribution >= 0.6 is 0 Å². The second-order valence-electron chi connectivity index (χ2n) is 7.48. The fraction of sp³-hybridized carbons (Fsp3) is 0.824. The SMILES string of the molecule is CCC1(C)CN(C(=O)NC2CCc3nc(C(C)C)nn3C2)CCO1. The summed E-state index contributed by atoms with van der Waals surface area (Å²) in [6.45, 7) is 11.0. The molecule has 3 heterocycles. The van der Waals surface area contributed by atoms with Crippen LogP contribution in [-0.4, -0.2) is 57.0 Å². The minimum atomic E-state index is -0.229. The second-order valence-corrected chi connectivity index (χ2v) is 7.48. The van der Waals surface area contributed by atoms with Crippen LogP contribution in [0.4, 0.5) is 4.79 Å². The lowest BCUT2D eigenvalue weighted by Crippen LogP contribution is -2.56. The van der Waals surface area contributed by atoms with Crippen LogP contribution in [0.15, 0.2) is 0 Å². The summed E-state index contributed by atoms with van der Waals surface area (Å²) in [5, 5.41) is 7.75. The molecule has 1 aromatic rings. The number of hydrogen-bond acceptors (Lipinski definition) is 4. The van der Waals surface area contributed by atoms with Crippen LogP contribution in [0.3, 0.4) is 0 Å². The maximum atomic E-state index is 12.6. The van der Waals surface area contributed by atoms with Crippen LogP contribution < -0.4 is 5.32 Å². The standard InChI is InChI=1S/C17H29N5O2/c1-5-17(4)11-21(8-9-24-17)16(23)18-13-6-7-14-19-15(12(2)3)20-22(14)10-13/h12-13H,5-11H2,1-4H3,(H,18,23). The van der Waals surface area contributed by atoms with Crippen molar-refractivity contribution in [2.75, 3.05) is 19.7 Å². The van der Waals surface area contributed by atoms with E-state index in [0.29, 0.717) is 32.2 Å². The highest BCUT2D eigenvalue weighted by molar-refractivity contribution is 5.74. The number of nitrogens with zero attached hydrogens (tertiary/aromatic N) is 4. The summed E-state index contributed by atoms with van der Waals surface area (Å²) in [6.07, 6.45) is 2.68. The van der Waals surface area contributed by atoms with E-state index in [1.807, 2.05) is 9.58 Å². The van der Waals surface area contributed by atoms with Gasteiger partial charge in [-0.05, 0) is 19.8 Å². The number of aromatic nitrogens is 3. The summed E-state index contributed by atoms with van der Waals surface area (Å²) in [6, 6.07) is 0.123. The molecule has 7 heteroatoms. The van der Waals surface area contributed by atoms with Gasteiger partial charge in [0.25, 0.3) is 0 Å². The zero-order valence-corrected chi connectivity index (χ0v) is 15.2. The molecule has 2 aliphatic rings. The van der Waals surface area contributed by atoms with Crippen LogP contribution in [0.2, 0.25) is 0 Å². The highest BCUT2D eigenvalue weighted by Crippen LogP contribution is 2.22. The first-order chi connectivity index (χ1) is 11.4. The summed E-state index contributed by atoms with van der Waals surface area (Å²) in [7, 11) is 0. The average Bonchev–Trinajstić information content (AvgIpc) is 2.98. The highest BCUT2D eigenvalue weighted by Gasteiger charge is 2.33. The Balaban J connectivity index is 1.59. The molecule has 2 unspecified atom stereocenters. The molecule has 0 radical (unpaired) electrons. The van der Waals surface area contributed by atoms with Crippen molar-refractivity contribution in [2.24, 2.45) is 0 Å². The lowest BCUT2D eigenvalue weighted by Gasteiger charge is -2.40. The topological polar surface area (TPSA) is 72.3 Å². The fourth-order valence-electron chi connectivity index (χ4n) is 3.27. The van der Waals surface area contributed by atoms with Gasteiger partial charge in [-0.1, -0.05) is 20.8 Å². The van der Waals surface area contributed by atoms with E-state index in [1.165, 1.54) is 0 Å². The first-order valence-corrected chi connectivity index (χ1v) is 9.03. The maximum absolute atomic E-state index is 12.6. The molecule has 2 aliphatic heterocycles. The number of morpholine rings is 1. The van der Waals surface area contributed by atoms with Gasteiger partial charge in [0.1, 0.15) is 5.82 Å². The lowest BCUT2D eigenvalue weighted by atomic mass is 10.0. The van der Waals surface area contributed by atoms with Gasteiger partial charge in [-0.2, -0.15) is 5.10 Å². The Hall–Kier alpha value is -1.63. The van der Waals surface area contributed by atoms with Gasteiger partial charge >= 0.3 is 6.03 Å². The maximum Gasteiger partial charge on any atom is 0.317 e. The number of carbonyl (C=O) groups is 1. The largest absolute Gasteiger partial charge is 0.372 e.